The number of para-hydroxylation sites is 2. The van der Waals surface area contributed by atoms with Gasteiger partial charge in [0, 0.05) is 49.3 Å². The first-order chi connectivity index (χ1) is 14.7. The SMILES string of the molecule is Cc1ccc2c(=O)cc(N3CCN(c4ccccc4)CC3)n(-c3ccccc3)c2n1. The Kier molecular flexibility index (Phi) is 4.71. The van der Waals surface area contributed by atoms with Gasteiger partial charge in [-0.05, 0) is 43.3 Å². The first-order valence-electron chi connectivity index (χ1n) is 10.3. The van der Waals surface area contributed by atoms with E-state index in [9.17, 15) is 4.79 Å². The highest BCUT2D eigenvalue weighted by Crippen LogP contribution is 2.26. The van der Waals surface area contributed by atoms with Crippen LogP contribution in [0.25, 0.3) is 16.7 Å². The second-order valence-electron chi connectivity index (χ2n) is 7.67. The summed E-state index contributed by atoms with van der Waals surface area (Å²) in [5.41, 5.74) is 3.89. The first kappa shape index (κ1) is 18.4. The average molecular weight is 396 g/mol. The maximum Gasteiger partial charge on any atom is 0.193 e. The van der Waals surface area contributed by atoms with E-state index in [1.165, 1.54) is 5.69 Å². The van der Waals surface area contributed by atoms with Crippen LogP contribution in [-0.2, 0) is 0 Å². The Morgan fingerprint density at radius 1 is 0.733 bits per heavy atom. The third-order valence-corrected chi connectivity index (χ3v) is 5.72. The van der Waals surface area contributed by atoms with Gasteiger partial charge < -0.3 is 9.80 Å². The lowest BCUT2D eigenvalue weighted by atomic mass is 10.2. The van der Waals surface area contributed by atoms with E-state index in [2.05, 4.69) is 50.8 Å². The molecule has 1 fully saturated rings. The summed E-state index contributed by atoms with van der Waals surface area (Å²) in [6, 6.07) is 26.2. The molecule has 5 heteroatoms. The number of piperazine rings is 1. The van der Waals surface area contributed by atoms with E-state index >= 15 is 0 Å². The van der Waals surface area contributed by atoms with Gasteiger partial charge in [-0.3, -0.25) is 9.36 Å². The van der Waals surface area contributed by atoms with Gasteiger partial charge in [0.25, 0.3) is 0 Å². The Hall–Kier alpha value is -3.60. The Morgan fingerprint density at radius 3 is 2.00 bits per heavy atom. The summed E-state index contributed by atoms with van der Waals surface area (Å²) in [4.78, 5) is 22.4. The lowest BCUT2D eigenvalue weighted by molar-refractivity contribution is 0.642. The van der Waals surface area contributed by atoms with Gasteiger partial charge in [0.15, 0.2) is 5.43 Å². The maximum absolute atomic E-state index is 12.9. The van der Waals surface area contributed by atoms with Gasteiger partial charge in [0.1, 0.15) is 11.5 Å². The summed E-state index contributed by atoms with van der Waals surface area (Å²) in [7, 11) is 0. The number of benzene rings is 2. The number of hydrogen-bond acceptors (Lipinski definition) is 4. The van der Waals surface area contributed by atoms with E-state index < -0.39 is 0 Å². The highest BCUT2D eigenvalue weighted by Gasteiger charge is 2.22. The molecule has 1 saturated heterocycles. The van der Waals surface area contributed by atoms with E-state index in [4.69, 9.17) is 4.98 Å². The average Bonchev–Trinajstić information content (AvgIpc) is 2.80. The zero-order valence-corrected chi connectivity index (χ0v) is 17.0. The summed E-state index contributed by atoms with van der Waals surface area (Å²) < 4.78 is 2.13. The van der Waals surface area contributed by atoms with Crippen LogP contribution in [-0.4, -0.2) is 35.7 Å². The minimum Gasteiger partial charge on any atom is -0.368 e. The number of aryl methyl sites for hydroxylation is 1. The largest absolute Gasteiger partial charge is 0.368 e. The number of rotatable bonds is 3. The van der Waals surface area contributed by atoms with Gasteiger partial charge in [-0.1, -0.05) is 36.4 Å². The molecule has 150 valence electrons. The molecule has 0 aliphatic carbocycles. The maximum atomic E-state index is 12.9. The number of fused-ring (bicyclic) bond motifs is 1. The second kappa shape index (κ2) is 7.67. The molecular weight excluding hydrogens is 372 g/mol. The molecule has 0 spiro atoms. The van der Waals surface area contributed by atoms with E-state index in [0.29, 0.717) is 11.0 Å². The number of hydrogen-bond donors (Lipinski definition) is 0. The quantitative estimate of drug-likeness (QED) is 0.525. The van der Waals surface area contributed by atoms with Crippen molar-refractivity contribution in [2.24, 2.45) is 0 Å². The minimum atomic E-state index is 0.0187. The smallest absolute Gasteiger partial charge is 0.193 e. The van der Waals surface area contributed by atoms with Crippen LogP contribution in [0.15, 0.2) is 83.7 Å². The van der Waals surface area contributed by atoms with Gasteiger partial charge in [0.05, 0.1) is 5.39 Å². The molecule has 5 nitrogen and oxygen atoms in total. The fourth-order valence-electron chi connectivity index (χ4n) is 4.17. The van der Waals surface area contributed by atoms with E-state index in [1.54, 1.807) is 6.07 Å². The zero-order chi connectivity index (χ0) is 20.5. The molecule has 4 aromatic rings. The van der Waals surface area contributed by atoms with Crippen molar-refractivity contribution < 1.29 is 0 Å². The van der Waals surface area contributed by atoms with Crippen LogP contribution in [0.3, 0.4) is 0 Å². The van der Waals surface area contributed by atoms with Crippen LogP contribution in [0.4, 0.5) is 11.5 Å². The molecule has 0 saturated carbocycles. The topological polar surface area (TPSA) is 41.4 Å². The predicted molar refractivity (Wildman–Crippen MR) is 123 cm³/mol. The Bertz CT molecular complexity index is 1230. The minimum absolute atomic E-state index is 0.0187. The Balaban J connectivity index is 1.59. The number of aromatic nitrogens is 2. The Morgan fingerprint density at radius 2 is 1.33 bits per heavy atom. The molecule has 3 heterocycles. The van der Waals surface area contributed by atoms with Gasteiger partial charge in [-0.15, -0.1) is 0 Å². The lowest BCUT2D eigenvalue weighted by Crippen LogP contribution is -2.47. The van der Waals surface area contributed by atoms with Crippen LogP contribution in [0.5, 0.6) is 0 Å². The standard InChI is InChI=1S/C25H24N4O/c1-19-12-13-22-23(30)18-24(29(25(22)26-19)21-10-6-3-7-11-21)28-16-14-27(15-17-28)20-8-4-2-5-9-20/h2-13,18H,14-17H2,1H3. The molecular formula is C25H24N4O. The lowest BCUT2D eigenvalue weighted by Gasteiger charge is -2.38. The Labute approximate surface area is 175 Å². The fraction of sp³-hybridized carbons (Fsp3) is 0.200. The van der Waals surface area contributed by atoms with Crippen molar-refractivity contribution in [1.82, 2.24) is 9.55 Å². The molecule has 30 heavy (non-hydrogen) atoms. The van der Waals surface area contributed by atoms with Gasteiger partial charge in [0.2, 0.25) is 0 Å². The van der Waals surface area contributed by atoms with Crippen molar-refractivity contribution in [3.8, 4) is 5.69 Å². The monoisotopic (exact) mass is 396 g/mol. The first-order valence-corrected chi connectivity index (χ1v) is 10.3. The van der Waals surface area contributed by atoms with Crippen LogP contribution < -0.4 is 15.2 Å². The van der Waals surface area contributed by atoms with Crippen molar-refractivity contribution in [2.75, 3.05) is 36.0 Å². The zero-order valence-electron chi connectivity index (χ0n) is 17.0. The number of nitrogens with zero attached hydrogens (tertiary/aromatic N) is 4. The molecule has 0 amide bonds. The van der Waals surface area contributed by atoms with Crippen molar-refractivity contribution in [3.63, 3.8) is 0 Å². The molecule has 0 bridgehead atoms. The molecule has 2 aromatic carbocycles. The molecule has 0 radical (unpaired) electrons. The van der Waals surface area contributed by atoms with Crippen molar-refractivity contribution in [1.29, 1.82) is 0 Å². The molecule has 0 N–H and O–H groups in total. The predicted octanol–water partition coefficient (Wildman–Crippen LogP) is 4.02. The van der Waals surface area contributed by atoms with Crippen molar-refractivity contribution in [3.05, 3.63) is 94.8 Å². The van der Waals surface area contributed by atoms with Crippen LogP contribution in [0, 0.1) is 6.92 Å². The van der Waals surface area contributed by atoms with Gasteiger partial charge in [-0.25, -0.2) is 4.98 Å². The van der Waals surface area contributed by atoms with E-state index in [0.717, 1.165) is 43.4 Å². The van der Waals surface area contributed by atoms with E-state index in [1.807, 2.05) is 43.3 Å². The molecule has 0 unspecified atom stereocenters. The summed E-state index contributed by atoms with van der Waals surface area (Å²) in [6.07, 6.45) is 0. The van der Waals surface area contributed by atoms with Crippen LogP contribution in [0.2, 0.25) is 0 Å². The third kappa shape index (κ3) is 3.32. The molecule has 5 rings (SSSR count). The normalized spacial score (nSPS) is 14.3. The summed E-state index contributed by atoms with van der Waals surface area (Å²) in [5, 5.41) is 0.649. The summed E-state index contributed by atoms with van der Waals surface area (Å²) >= 11 is 0. The molecule has 1 aliphatic rings. The number of pyridine rings is 2. The van der Waals surface area contributed by atoms with Gasteiger partial charge in [-0.2, -0.15) is 0 Å². The van der Waals surface area contributed by atoms with Crippen molar-refractivity contribution >= 4 is 22.5 Å². The van der Waals surface area contributed by atoms with Crippen LogP contribution >= 0.6 is 0 Å². The third-order valence-electron chi connectivity index (χ3n) is 5.72. The summed E-state index contributed by atoms with van der Waals surface area (Å²) in [6.45, 7) is 5.47. The van der Waals surface area contributed by atoms with Crippen molar-refractivity contribution in [2.45, 2.75) is 6.92 Å². The molecule has 2 aromatic heterocycles. The second-order valence-corrected chi connectivity index (χ2v) is 7.67. The highest BCUT2D eigenvalue weighted by molar-refractivity contribution is 5.80. The fourth-order valence-corrected chi connectivity index (χ4v) is 4.17. The van der Waals surface area contributed by atoms with Gasteiger partial charge >= 0.3 is 0 Å². The summed E-state index contributed by atoms with van der Waals surface area (Å²) in [5.74, 6) is 0.907. The number of anilines is 2. The van der Waals surface area contributed by atoms with E-state index in [-0.39, 0.29) is 5.43 Å². The molecule has 0 atom stereocenters. The molecule has 1 aliphatic heterocycles. The highest BCUT2D eigenvalue weighted by atomic mass is 16.1. The van der Waals surface area contributed by atoms with Crippen LogP contribution in [0.1, 0.15) is 5.69 Å².